The molecule has 1 aromatic heterocycles. The molecule has 0 aliphatic heterocycles. The lowest BCUT2D eigenvalue weighted by Gasteiger charge is -2.19. The van der Waals surface area contributed by atoms with Gasteiger partial charge in [-0.3, -0.25) is 4.98 Å². The zero-order chi connectivity index (χ0) is 20.2. The number of hydrogen-bond acceptors (Lipinski definition) is 1. The maximum absolute atomic E-state index is 4.86. The minimum Gasteiger partial charge on any atom is -0.256 e. The Morgan fingerprint density at radius 1 is 0.621 bits per heavy atom. The summed E-state index contributed by atoms with van der Waals surface area (Å²) >= 11 is 0. The van der Waals surface area contributed by atoms with Crippen molar-refractivity contribution in [2.75, 3.05) is 0 Å². The quantitative estimate of drug-likeness (QED) is 0.232. The predicted molar refractivity (Wildman–Crippen MR) is 130 cm³/mol. The van der Waals surface area contributed by atoms with Crippen molar-refractivity contribution in [1.29, 1.82) is 0 Å². The van der Waals surface area contributed by atoms with E-state index in [1.165, 1.54) is 48.6 Å². The van der Waals surface area contributed by atoms with Crippen LogP contribution < -0.4 is 5.19 Å². The van der Waals surface area contributed by atoms with Crippen LogP contribution in [0.2, 0.25) is 19.6 Å². The minimum atomic E-state index is -1.37. The van der Waals surface area contributed by atoms with Gasteiger partial charge in [0.05, 0.1) is 13.8 Å². The summed E-state index contributed by atoms with van der Waals surface area (Å²) in [6.07, 6.45) is 2.11. The molecule has 1 heterocycles. The van der Waals surface area contributed by atoms with Crippen molar-refractivity contribution < 1.29 is 0 Å². The number of benzene rings is 4. The van der Waals surface area contributed by atoms with Crippen LogP contribution in [0.25, 0.3) is 43.6 Å². The van der Waals surface area contributed by atoms with E-state index in [9.17, 15) is 0 Å². The summed E-state index contributed by atoms with van der Waals surface area (Å²) < 4.78 is 0. The summed E-state index contributed by atoms with van der Waals surface area (Å²) in [5.41, 5.74) is 3.60. The van der Waals surface area contributed by atoms with Crippen molar-refractivity contribution in [3.63, 3.8) is 0 Å². The fraction of sp³-hybridized carbons (Fsp3) is 0.148. The van der Waals surface area contributed by atoms with Gasteiger partial charge in [-0.05, 0) is 62.1 Å². The molecule has 142 valence electrons. The van der Waals surface area contributed by atoms with Crippen molar-refractivity contribution in [2.45, 2.75) is 26.6 Å². The molecule has 0 aliphatic carbocycles. The summed E-state index contributed by atoms with van der Waals surface area (Å²) in [6.45, 7) is 9.36. The van der Waals surface area contributed by atoms with Gasteiger partial charge in [0.15, 0.2) is 0 Å². The van der Waals surface area contributed by atoms with E-state index in [4.69, 9.17) is 4.98 Å². The van der Waals surface area contributed by atoms with Gasteiger partial charge in [-0.1, -0.05) is 80.3 Å². The van der Waals surface area contributed by atoms with E-state index >= 15 is 0 Å². The number of aryl methyl sites for hydroxylation is 1. The molecule has 0 unspecified atom stereocenters. The maximum atomic E-state index is 4.86. The Labute approximate surface area is 173 Å². The molecule has 5 aromatic rings. The van der Waals surface area contributed by atoms with E-state index in [2.05, 4.69) is 106 Å². The molecule has 0 spiro atoms. The van der Waals surface area contributed by atoms with E-state index in [0.717, 1.165) is 5.69 Å². The van der Waals surface area contributed by atoms with Crippen LogP contribution in [0.3, 0.4) is 0 Å². The summed E-state index contributed by atoms with van der Waals surface area (Å²) in [7, 11) is -1.37. The third kappa shape index (κ3) is 2.95. The molecule has 1 nitrogen and oxygen atoms in total. The molecular formula is C27H25NSi. The van der Waals surface area contributed by atoms with Gasteiger partial charge in [-0.15, -0.1) is 0 Å². The molecule has 0 bridgehead atoms. The molecule has 2 heteroatoms. The lowest BCUT2D eigenvalue weighted by molar-refractivity contribution is 1.30. The van der Waals surface area contributed by atoms with Crippen LogP contribution in [0.4, 0.5) is 0 Å². The summed E-state index contributed by atoms with van der Waals surface area (Å²) in [4.78, 5) is 4.86. The number of nitrogens with zero attached hydrogens (tertiary/aromatic N) is 1. The first-order chi connectivity index (χ1) is 13.9. The molecule has 0 saturated carbocycles. The van der Waals surface area contributed by atoms with Crippen molar-refractivity contribution in [3.05, 3.63) is 84.6 Å². The van der Waals surface area contributed by atoms with Crippen molar-refractivity contribution in [2.24, 2.45) is 0 Å². The van der Waals surface area contributed by atoms with Gasteiger partial charge < -0.3 is 0 Å². The van der Waals surface area contributed by atoms with Gasteiger partial charge in [0.1, 0.15) is 0 Å². The summed E-state index contributed by atoms with van der Waals surface area (Å²) in [5, 5.41) is 9.29. The van der Waals surface area contributed by atoms with Crippen LogP contribution in [-0.4, -0.2) is 13.1 Å². The van der Waals surface area contributed by atoms with Crippen LogP contribution >= 0.6 is 0 Å². The highest BCUT2D eigenvalue weighted by Crippen LogP contribution is 2.36. The highest BCUT2D eigenvalue weighted by molar-refractivity contribution is 6.89. The number of rotatable bonds is 2. The molecule has 5 rings (SSSR count). The highest BCUT2D eigenvalue weighted by atomic mass is 28.3. The monoisotopic (exact) mass is 391 g/mol. The van der Waals surface area contributed by atoms with Gasteiger partial charge in [0.25, 0.3) is 0 Å². The Kier molecular flexibility index (Phi) is 4.07. The fourth-order valence-corrected chi connectivity index (χ4v) is 6.27. The molecule has 0 aliphatic rings. The second-order valence-electron chi connectivity index (χ2n) is 8.99. The summed E-state index contributed by atoms with van der Waals surface area (Å²) in [6, 6.07) is 26.5. The highest BCUT2D eigenvalue weighted by Gasteiger charge is 2.19. The third-order valence-corrected chi connectivity index (χ3v) is 8.10. The van der Waals surface area contributed by atoms with E-state index in [1.54, 1.807) is 0 Å². The SMILES string of the molecule is Cc1cc(-c2ccc3c4ccccc4c4ccccc4c3c2)ncc1[Si](C)(C)C. The number of aromatic nitrogens is 1. The summed E-state index contributed by atoms with van der Waals surface area (Å²) in [5.74, 6) is 0. The standard InChI is InChI=1S/C27H25NSi/c1-18-15-26(28-17-27(18)29(2,3)4)19-13-14-24-22-11-6-5-9-20(22)21-10-7-8-12-23(21)25(24)16-19/h5-17H,1-4H3. The van der Waals surface area contributed by atoms with Gasteiger partial charge >= 0.3 is 0 Å². The molecule has 0 atom stereocenters. The molecule has 4 aromatic carbocycles. The Morgan fingerprint density at radius 3 is 1.66 bits per heavy atom. The van der Waals surface area contributed by atoms with Crippen LogP contribution in [0.1, 0.15) is 5.56 Å². The number of fused-ring (bicyclic) bond motifs is 6. The second kappa shape index (κ2) is 6.53. The van der Waals surface area contributed by atoms with Crippen LogP contribution in [0.15, 0.2) is 79.0 Å². The normalized spacial score (nSPS) is 12.1. The first kappa shape index (κ1) is 18.1. The first-order valence-electron chi connectivity index (χ1n) is 10.2. The Bertz CT molecular complexity index is 1360. The predicted octanol–water partition coefficient (Wildman–Crippen LogP) is 7.06. The van der Waals surface area contributed by atoms with Gasteiger partial charge in [-0.2, -0.15) is 0 Å². The zero-order valence-electron chi connectivity index (χ0n) is 17.5. The first-order valence-corrected chi connectivity index (χ1v) is 13.7. The molecule has 0 N–H and O–H groups in total. The van der Waals surface area contributed by atoms with Crippen molar-refractivity contribution >= 4 is 45.6 Å². The van der Waals surface area contributed by atoms with Gasteiger partial charge in [0, 0.05) is 11.8 Å². The Balaban J connectivity index is 1.79. The molecule has 0 fully saturated rings. The number of pyridine rings is 1. The molecular weight excluding hydrogens is 366 g/mol. The van der Waals surface area contributed by atoms with Crippen LogP contribution in [-0.2, 0) is 0 Å². The van der Waals surface area contributed by atoms with Crippen molar-refractivity contribution in [3.8, 4) is 11.3 Å². The van der Waals surface area contributed by atoms with Gasteiger partial charge in [0.2, 0.25) is 0 Å². The van der Waals surface area contributed by atoms with E-state index in [-0.39, 0.29) is 0 Å². The number of hydrogen-bond donors (Lipinski definition) is 0. The van der Waals surface area contributed by atoms with Crippen LogP contribution in [0.5, 0.6) is 0 Å². The zero-order valence-corrected chi connectivity index (χ0v) is 18.5. The van der Waals surface area contributed by atoms with E-state index < -0.39 is 8.07 Å². The van der Waals surface area contributed by atoms with Crippen LogP contribution in [0, 0.1) is 6.92 Å². The molecule has 29 heavy (non-hydrogen) atoms. The molecule has 0 saturated heterocycles. The third-order valence-electron chi connectivity index (χ3n) is 5.96. The molecule has 0 amide bonds. The van der Waals surface area contributed by atoms with E-state index in [1.807, 2.05) is 0 Å². The Morgan fingerprint density at radius 2 is 1.14 bits per heavy atom. The second-order valence-corrected chi connectivity index (χ2v) is 14.0. The average Bonchev–Trinajstić information content (AvgIpc) is 2.72. The minimum absolute atomic E-state index is 1.06. The fourth-order valence-electron chi connectivity index (χ4n) is 4.57. The average molecular weight is 392 g/mol. The van der Waals surface area contributed by atoms with Gasteiger partial charge in [-0.25, -0.2) is 0 Å². The largest absolute Gasteiger partial charge is 0.256 e. The lowest BCUT2D eigenvalue weighted by atomic mass is 9.93. The van der Waals surface area contributed by atoms with E-state index in [0.29, 0.717) is 0 Å². The Hall–Kier alpha value is -2.97. The topological polar surface area (TPSA) is 12.9 Å². The maximum Gasteiger partial charge on any atom is 0.0799 e. The van der Waals surface area contributed by atoms with Crippen molar-refractivity contribution in [1.82, 2.24) is 4.98 Å². The smallest absolute Gasteiger partial charge is 0.0799 e. The molecule has 0 radical (unpaired) electrons. The lowest BCUT2D eigenvalue weighted by Crippen LogP contribution is -2.39.